The minimum atomic E-state index is 0.0268. The predicted octanol–water partition coefficient (Wildman–Crippen LogP) is 3.03. The molecule has 1 aromatic carbocycles. The quantitative estimate of drug-likeness (QED) is 0.785. The van der Waals surface area contributed by atoms with Crippen LogP contribution in [0.15, 0.2) is 40.4 Å². The Hall–Kier alpha value is -1.66. The first-order chi connectivity index (χ1) is 11.6. The van der Waals surface area contributed by atoms with Crippen molar-refractivity contribution in [3.8, 4) is 5.75 Å². The first-order valence-corrected chi connectivity index (χ1v) is 8.95. The fraction of sp³-hybridized carbons (Fsp3) is 0.444. The molecule has 0 N–H and O–H groups in total. The molecule has 0 amide bonds. The Morgan fingerprint density at radius 3 is 2.83 bits per heavy atom. The third kappa shape index (κ3) is 3.87. The SMILES string of the molecule is C=C(Br)CN1CCC(Cn2cnc3cc(OC)ccc3c2=O)CC1. The molecule has 1 fully saturated rings. The second-order valence-electron chi connectivity index (χ2n) is 6.32. The molecule has 1 aromatic heterocycles. The van der Waals surface area contributed by atoms with Gasteiger partial charge in [-0.05, 0) is 44.0 Å². The molecular weight excluding hydrogens is 370 g/mol. The van der Waals surface area contributed by atoms with E-state index < -0.39 is 0 Å². The van der Waals surface area contributed by atoms with Crippen LogP contribution in [-0.2, 0) is 6.54 Å². The van der Waals surface area contributed by atoms with Crippen LogP contribution in [0, 0.1) is 5.92 Å². The monoisotopic (exact) mass is 391 g/mol. The van der Waals surface area contributed by atoms with Crippen LogP contribution in [0.3, 0.4) is 0 Å². The van der Waals surface area contributed by atoms with Crippen LogP contribution < -0.4 is 10.3 Å². The molecule has 0 aliphatic carbocycles. The van der Waals surface area contributed by atoms with Gasteiger partial charge >= 0.3 is 0 Å². The van der Waals surface area contributed by atoms with Gasteiger partial charge in [-0.1, -0.05) is 22.5 Å². The summed E-state index contributed by atoms with van der Waals surface area (Å²) in [6.45, 7) is 7.62. The van der Waals surface area contributed by atoms with Crippen molar-refractivity contribution >= 4 is 26.8 Å². The molecule has 2 heterocycles. The number of aromatic nitrogens is 2. The lowest BCUT2D eigenvalue weighted by atomic mass is 9.96. The molecule has 0 bridgehead atoms. The van der Waals surface area contributed by atoms with E-state index in [1.165, 1.54) is 0 Å². The highest BCUT2D eigenvalue weighted by Gasteiger charge is 2.20. The molecule has 1 aliphatic rings. The predicted molar refractivity (Wildman–Crippen MR) is 99.8 cm³/mol. The van der Waals surface area contributed by atoms with Gasteiger partial charge < -0.3 is 4.74 Å². The van der Waals surface area contributed by atoms with Crippen LogP contribution in [0.25, 0.3) is 10.9 Å². The molecule has 128 valence electrons. The number of hydrogen-bond donors (Lipinski definition) is 0. The molecular formula is C18H22BrN3O2. The highest BCUT2D eigenvalue weighted by Crippen LogP contribution is 2.21. The number of piperidine rings is 1. The van der Waals surface area contributed by atoms with Crippen molar-refractivity contribution in [2.24, 2.45) is 5.92 Å². The summed E-state index contributed by atoms with van der Waals surface area (Å²) >= 11 is 3.42. The lowest BCUT2D eigenvalue weighted by Crippen LogP contribution is -2.36. The molecule has 3 rings (SSSR count). The normalized spacial score (nSPS) is 16.4. The number of nitrogens with zero attached hydrogens (tertiary/aromatic N) is 3. The third-order valence-corrected chi connectivity index (χ3v) is 4.84. The van der Waals surface area contributed by atoms with Crippen LogP contribution in [0.2, 0.25) is 0 Å². The molecule has 0 radical (unpaired) electrons. The summed E-state index contributed by atoms with van der Waals surface area (Å²) in [5.74, 6) is 1.23. The van der Waals surface area contributed by atoms with E-state index in [1.54, 1.807) is 36.2 Å². The minimum Gasteiger partial charge on any atom is -0.497 e. The van der Waals surface area contributed by atoms with E-state index in [-0.39, 0.29) is 5.56 Å². The average molecular weight is 392 g/mol. The van der Waals surface area contributed by atoms with Gasteiger partial charge in [0.25, 0.3) is 5.56 Å². The maximum atomic E-state index is 12.7. The molecule has 5 nitrogen and oxygen atoms in total. The topological polar surface area (TPSA) is 47.4 Å². The maximum Gasteiger partial charge on any atom is 0.261 e. The zero-order chi connectivity index (χ0) is 17.1. The van der Waals surface area contributed by atoms with Crippen molar-refractivity contribution in [1.82, 2.24) is 14.5 Å². The summed E-state index contributed by atoms with van der Waals surface area (Å²) in [5, 5.41) is 0.645. The van der Waals surface area contributed by atoms with E-state index in [4.69, 9.17) is 4.74 Å². The summed E-state index contributed by atoms with van der Waals surface area (Å²) in [7, 11) is 1.61. The van der Waals surface area contributed by atoms with E-state index in [1.807, 2.05) is 0 Å². The fourth-order valence-corrected chi connectivity index (χ4v) is 3.60. The molecule has 1 saturated heterocycles. The van der Waals surface area contributed by atoms with Crippen LogP contribution in [0.4, 0.5) is 0 Å². The van der Waals surface area contributed by atoms with E-state index in [2.05, 4.69) is 32.4 Å². The van der Waals surface area contributed by atoms with Gasteiger partial charge in [-0.3, -0.25) is 14.3 Å². The standard InChI is InChI=1S/C18H22BrN3O2/c1-13(19)10-21-7-5-14(6-8-21)11-22-12-20-17-9-15(24-2)3-4-16(17)18(22)23/h3-4,9,12,14H,1,5-8,10-11H2,2H3. The van der Waals surface area contributed by atoms with Gasteiger partial charge in [-0.25, -0.2) is 4.98 Å². The van der Waals surface area contributed by atoms with Gasteiger partial charge in [0.15, 0.2) is 0 Å². The number of hydrogen-bond acceptors (Lipinski definition) is 4. The Bertz CT molecular complexity index is 794. The van der Waals surface area contributed by atoms with E-state index in [0.717, 1.165) is 43.5 Å². The van der Waals surface area contributed by atoms with Gasteiger partial charge in [0.05, 0.1) is 24.3 Å². The summed E-state index contributed by atoms with van der Waals surface area (Å²) in [6, 6.07) is 5.40. The number of benzene rings is 1. The number of ether oxygens (including phenoxy) is 1. The Morgan fingerprint density at radius 2 is 2.17 bits per heavy atom. The van der Waals surface area contributed by atoms with Crippen molar-refractivity contribution in [3.63, 3.8) is 0 Å². The van der Waals surface area contributed by atoms with E-state index in [9.17, 15) is 4.79 Å². The Balaban J connectivity index is 1.71. The number of fused-ring (bicyclic) bond motifs is 1. The zero-order valence-corrected chi connectivity index (χ0v) is 15.5. The van der Waals surface area contributed by atoms with Gasteiger partial charge in [-0.2, -0.15) is 0 Å². The first-order valence-electron chi connectivity index (χ1n) is 8.15. The van der Waals surface area contributed by atoms with E-state index in [0.29, 0.717) is 22.6 Å². The van der Waals surface area contributed by atoms with Crippen molar-refractivity contribution in [2.75, 3.05) is 26.7 Å². The van der Waals surface area contributed by atoms with Crippen LogP contribution in [-0.4, -0.2) is 41.2 Å². The number of halogens is 1. The summed E-state index contributed by atoms with van der Waals surface area (Å²) in [4.78, 5) is 19.5. The van der Waals surface area contributed by atoms with Gasteiger partial charge in [-0.15, -0.1) is 0 Å². The van der Waals surface area contributed by atoms with Crippen LogP contribution >= 0.6 is 15.9 Å². The molecule has 0 atom stereocenters. The molecule has 2 aromatic rings. The lowest BCUT2D eigenvalue weighted by molar-refractivity contribution is 0.187. The Morgan fingerprint density at radius 1 is 1.42 bits per heavy atom. The summed E-state index contributed by atoms with van der Waals surface area (Å²) in [6.07, 6.45) is 3.84. The zero-order valence-electron chi connectivity index (χ0n) is 13.9. The van der Waals surface area contributed by atoms with Crippen molar-refractivity contribution < 1.29 is 4.74 Å². The molecule has 0 unspecified atom stereocenters. The fourth-order valence-electron chi connectivity index (χ4n) is 3.24. The number of rotatable bonds is 5. The maximum absolute atomic E-state index is 12.7. The molecule has 24 heavy (non-hydrogen) atoms. The molecule has 6 heteroatoms. The van der Waals surface area contributed by atoms with Gasteiger partial charge in [0.2, 0.25) is 0 Å². The third-order valence-electron chi connectivity index (χ3n) is 4.59. The lowest BCUT2D eigenvalue weighted by Gasteiger charge is -2.31. The highest BCUT2D eigenvalue weighted by molar-refractivity contribution is 9.11. The van der Waals surface area contributed by atoms with Crippen molar-refractivity contribution in [2.45, 2.75) is 19.4 Å². The smallest absolute Gasteiger partial charge is 0.261 e. The second kappa shape index (κ2) is 7.49. The number of likely N-dealkylation sites (tertiary alicyclic amines) is 1. The highest BCUT2D eigenvalue weighted by atomic mass is 79.9. The van der Waals surface area contributed by atoms with Crippen molar-refractivity contribution in [1.29, 1.82) is 0 Å². The molecule has 0 saturated carbocycles. The average Bonchev–Trinajstić information content (AvgIpc) is 2.58. The minimum absolute atomic E-state index is 0.0268. The Kier molecular flexibility index (Phi) is 5.36. The van der Waals surface area contributed by atoms with Gasteiger partial charge in [0.1, 0.15) is 5.75 Å². The second-order valence-corrected chi connectivity index (χ2v) is 7.44. The molecule has 0 spiro atoms. The van der Waals surface area contributed by atoms with Crippen molar-refractivity contribution in [3.05, 3.63) is 45.9 Å². The summed E-state index contributed by atoms with van der Waals surface area (Å²) < 4.78 is 7.96. The van der Waals surface area contributed by atoms with E-state index >= 15 is 0 Å². The number of methoxy groups -OCH3 is 1. The van der Waals surface area contributed by atoms with Crippen LogP contribution in [0.1, 0.15) is 12.8 Å². The first kappa shape index (κ1) is 17.2. The Labute approximate surface area is 150 Å². The van der Waals surface area contributed by atoms with Gasteiger partial charge in [0, 0.05) is 23.6 Å². The summed E-state index contributed by atoms with van der Waals surface area (Å²) in [5.41, 5.74) is 0.708. The van der Waals surface area contributed by atoms with Crippen LogP contribution in [0.5, 0.6) is 5.75 Å². The largest absolute Gasteiger partial charge is 0.497 e. The molecule has 1 aliphatic heterocycles.